The first-order chi connectivity index (χ1) is 12.6. The van der Waals surface area contributed by atoms with Crippen molar-refractivity contribution in [3.63, 3.8) is 0 Å². The van der Waals surface area contributed by atoms with Crippen LogP contribution in [0.3, 0.4) is 0 Å². The summed E-state index contributed by atoms with van der Waals surface area (Å²) in [6.45, 7) is 11.3. The van der Waals surface area contributed by atoms with Crippen molar-refractivity contribution in [3.8, 4) is 0 Å². The van der Waals surface area contributed by atoms with Gasteiger partial charge in [0.25, 0.3) is 0 Å². The predicted octanol–water partition coefficient (Wildman–Crippen LogP) is 4.83. The van der Waals surface area contributed by atoms with E-state index < -0.39 is 5.60 Å². The van der Waals surface area contributed by atoms with Gasteiger partial charge in [0.15, 0.2) is 0 Å². The highest BCUT2D eigenvalue weighted by Crippen LogP contribution is 2.23. The molecule has 2 rings (SSSR count). The zero-order valence-electron chi connectivity index (χ0n) is 17.0. The molecule has 0 radical (unpaired) electrons. The van der Waals surface area contributed by atoms with Crippen LogP contribution in [0, 0.1) is 5.92 Å². The van der Waals surface area contributed by atoms with E-state index in [1.807, 2.05) is 63.8 Å². The smallest absolute Gasteiger partial charge is 0.410 e. The molecule has 1 aromatic carbocycles. The van der Waals surface area contributed by atoms with Crippen molar-refractivity contribution in [3.05, 3.63) is 34.3 Å². The summed E-state index contributed by atoms with van der Waals surface area (Å²) in [5, 5.41) is 0. The maximum absolute atomic E-state index is 13.2. The summed E-state index contributed by atoms with van der Waals surface area (Å²) < 4.78 is 6.50. The van der Waals surface area contributed by atoms with Crippen LogP contribution < -0.4 is 0 Å². The van der Waals surface area contributed by atoms with E-state index in [4.69, 9.17) is 4.74 Å². The standard InChI is InChI=1S/C21H31BrN2O3/c1-15(2)24(13-16-8-10-18(22)11-9-16)19(25)17-7-6-12-23(14-17)20(26)27-21(3,4)5/h8-11,15,17H,6-7,12-14H2,1-5H3. The molecule has 1 aliphatic rings. The van der Waals surface area contributed by atoms with Crippen LogP contribution in [0.5, 0.6) is 0 Å². The van der Waals surface area contributed by atoms with Crippen LogP contribution in [-0.4, -0.2) is 46.5 Å². The van der Waals surface area contributed by atoms with Crippen LogP contribution in [0.2, 0.25) is 0 Å². The van der Waals surface area contributed by atoms with E-state index in [0.717, 1.165) is 22.9 Å². The van der Waals surface area contributed by atoms with E-state index in [1.54, 1.807) is 4.90 Å². The van der Waals surface area contributed by atoms with Gasteiger partial charge < -0.3 is 14.5 Å². The molecule has 0 aliphatic carbocycles. The Kier molecular flexibility index (Phi) is 7.32. The lowest BCUT2D eigenvalue weighted by molar-refractivity contribution is -0.139. The SMILES string of the molecule is CC(C)N(Cc1ccc(Br)cc1)C(=O)C1CCCN(C(=O)OC(C)(C)C)C1. The molecule has 1 aromatic rings. The summed E-state index contributed by atoms with van der Waals surface area (Å²) in [5.74, 6) is -0.0645. The molecule has 1 saturated heterocycles. The quantitative estimate of drug-likeness (QED) is 0.675. The zero-order valence-corrected chi connectivity index (χ0v) is 18.6. The van der Waals surface area contributed by atoms with Crippen LogP contribution in [-0.2, 0) is 16.1 Å². The van der Waals surface area contributed by atoms with E-state index in [9.17, 15) is 9.59 Å². The second-order valence-electron chi connectivity index (χ2n) is 8.45. The molecule has 1 heterocycles. The van der Waals surface area contributed by atoms with Crippen molar-refractivity contribution in [2.75, 3.05) is 13.1 Å². The number of carbonyl (C=O) groups excluding carboxylic acids is 2. The summed E-state index contributed by atoms with van der Waals surface area (Å²) >= 11 is 3.44. The van der Waals surface area contributed by atoms with E-state index in [2.05, 4.69) is 15.9 Å². The molecular weight excluding hydrogens is 408 g/mol. The van der Waals surface area contributed by atoms with Gasteiger partial charge in [-0.05, 0) is 65.2 Å². The summed E-state index contributed by atoms with van der Waals surface area (Å²) in [6.07, 6.45) is 1.30. The lowest BCUT2D eigenvalue weighted by atomic mass is 9.96. The molecule has 2 amide bonds. The highest BCUT2D eigenvalue weighted by atomic mass is 79.9. The number of amides is 2. The van der Waals surface area contributed by atoms with Crippen LogP contribution in [0.4, 0.5) is 4.79 Å². The molecule has 1 aliphatic heterocycles. The molecule has 1 atom stereocenters. The largest absolute Gasteiger partial charge is 0.444 e. The summed E-state index contributed by atoms with van der Waals surface area (Å²) in [5.41, 5.74) is 0.569. The Morgan fingerprint density at radius 3 is 2.44 bits per heavy atom. The zero-order chi connectivity index (χ0) is 20.2. The van der Waals surface area contributed by atoms with Gasteiger partial charge in [-0.25, -0.2) is 4.79 Å². The Morgan fingerprint density at radius 1 is 1.26 bits per heavy atom. The maximum atomic E-state index is 13.2. The van der Waals surface area contributed by atoms with Crippen molar-refractivity contribution in [1.29, 1.82) is 0 Å². The number of rotatable bonds is 4. The fraction of sp³-hybridized carbons (Fsp3) is 0.619. The molecule has 0 saturated carbocycles. The molecule has 0 spiro atoms. The number of piperidine rings is 1. The van der Waals surface area contributed by atoms with Gasteiger partial charge in [-0.2, -0.15) is 0 Å². The minimum Gasteiger partial charge on any atom is -0.444 e. The molecule has 150 valence electrons. The predicted molar refractivity (Wildman–Crippen MR) is 110 cm³/mol. The first-order valence-corrected chi connectivity index (χ1v) is 10.4. The van der Waals surface area contributed by atoms with Gasteiger partial charge in [-0.1, -0.05) is 28.1 Å². The first kappa shape index (κ1) is 21.7. The summed E-state index contributed by atoms with van der Waals surface area (Å²) in [7, 11) is 0. The monoisotopic (exact) mass is 438 g/mol. The van der Waals surface area contributed by atoms with Gasteiger partial charge in [0.2, 0.25) is 5.91 Å². The summed E-state index contributed by atoms with van der Waals surface area (Å²) in [6, 6.07) is 8.13. The van der Waals surface area contributed by atoms with Gasteiger partial charge in [0.1, 0.15) is 5.60 Å². The molecule has 0 aromatic heterocycles. The highest BCUT2D eigenvalue weighted by Gasteiger charge is 2.33. The number of nitrogens with zero attached hydrogens (tertiary/aromatic N) is 2. The van der Waals surface area contributed by atoms with Crippen LogP contribution in [0.1, 0.15) is 53.0 Å². The van der Waals surface area contributed by atoms with Gasteiger partial charge in [-0.3, -0.25) is 4.79 Å². The van der Waals surface area contributed by atoms with E-state index in [-0.39, 0.29) is 24.0 Å². The Labute approximate surface area is 171 Å². The summed E-state index contributed by atoms with van der Waals surface area (Å²) in [4.78, 5) is 29.2. The molecule has 27 heavy (non-hydrogen) atoms. The Morgan fingerprint density at radius 2 is 1.89 bits per heavy atom. The van der Waals surface area contributed by atoms with Crippen molar-refractivity contribution in [1.82, 2.24) is 9.80 Å². The number of likely N-dealkylation sites (tertiary alicyclic amines) is 1. The lowest BCUT2D eigenvalue weighted by Crippen LogP contribution is -2.49. The van der Waals surface area contributed by atoms with Crippen molar-refractivity contribution >= 4 is 27.9 Å². The Hall–Kier alpha value is -1.56. The molecule has 1 unspecified atom stereocenters. The second kappa shape index (κ2) is 9.09. The number of carbonyl (C=O) groups is 2. The number of hydrogen-bond acceptors (Lipinski definition) is 3. The van der Waals surface area contributed by atoms with Gasteiger partial charge in [0.05, 0.1) is 5.92 Å². The van der Waals surface area contributed by atoms with E-state index in [1.165, 1.54) is 0 Å². The average Bonchev–Trinajstić information content (AvgIpc) is 2.59. The van der Waals surface area contributed by atoms with Crippen molar-refractivity contribution < 1.29 is 14.3 Å². The number of halogens is 1. The first-order valence-electron chi connectivity index (χ1n) is 9.59. The molecular formula is C21H31BrN2O3. The minimum atomic E-state index is -0.528. The highest BCUT2D eigenvalue weighted by molar-refractivity contribution is 9.10. The van der Waals surface area contributed by atoms with E-state index >= 15 is 0 Å². The van der Waals surface area contributed by atoms with Gasteiger partial charge >= 0.3 is 6.09 Å². The topological polar surface area (TPSA) is 49.9 Å². The van der Waals surface area contributed by atoms with E-state index in [0.29, 0.717) is 19.6 Å². The number of ether oxygens (including phenoxy) is 1. The maximum Gasteiger partial charge on any atom is 0.410 e. The molecule has 5 nitrogen and oxygen atoms in total. The molecule has 0 bridgehead atoms. The number of hydrogen-bond donors (Lipinski definition) is 0. The normalized spacial score (nSPS) is 17.7. The lowest BCUT2D eigenvalue weighted by Gasteiger charge is -2.37. The molecule has 6 heteroatoms. The molecule has 0 N–H and O–H groups in total. The van der Waals surface area contributed by atoms with Crippen molar-refractivity contribution in [2.45, 2.75) is 65.6 Å². The van der Waals surface area contributed by atoms with Crippen LogP contribution in [0.15, 0.2) is 28.7 Å². The molecule has 1 fully saturated rings. The Bertz CT molecular complexity index is 652. The third-order valence-corrected chi connectivity index (χ3v) is 5.12. The average molecular weight is 439 g/mol. The minimum absolute atomic E-state index is 0.0954. The van der Waals surface area contributed by atoms with Gasteiger partial charge in [-0.15, -0.1) is 0 Å². The second-order valence-corrected chi connectivity index (χ2v) is 9.37. The van der Waals surface area contributed by atoms with Crippen LogP contribution >= 0.6 is 15.9 Å². The third kappa shape index (κ3) is 6.52. The van der Waals surface area contributed by atoms with Crippen molar-refractivity contribution in [2.24, 2.45) is 5.92 Å². The van der Waals surface area contributed by atoms with Gasteiger partial charge in [0, 0.05) is 30.1 Å². The third-order valence-electron chi connectivity index (χ3n) is 4.59. The fourth-order valence-corrected chi connectivity index (χ4v) is 3.47. The Balaban J connectivity index is 2.06. The number of benzene rings is 1. The van der Waals surface area contributed by atoms with Crippen LogP contribution in [0.25, 0.3) is 0 Å². The fourth-order valence-electron chi connectivity index (χ4n) is 3.21.